The average molecular weight is 706 g/mol. The number of aliphatic hydroxyl groups excluding tert-OH is 1. The van der Waals surface area contributed by atoms with Crippen LogP contribution in [0.1, 0.15) is 53.0 Å². The number of nitrogens with zero attached hydrogens (tertiary/aromatic N) is 2. The predicted octanol–water partition coefficient (Wildman–Crippen LogP) is 5.89. The summed E-state index contributed by atoms with van der Waals surface area (Å²) in [6.07, 6.45) is -16.1. The molecule has 1 saturated carbocycles. The zero-order chi connectivity index (χ0) is 34.0. The summed E-state index contributed by atoms with van der Waals surface area (Å²) in [6, 6.07) is 3.35. The Morgan fingerprint density at radius 3 is 2.35 bits per heavy atom. The number of aromatic nitrogens is 3. The number of nitrogens with one attached hydrogen (secondary N) is 3. The van der Waals surface area contributed by atoms with Gasteiger partial charge in [0.25, 0.3) is 18.2 Å². The summed E-state index contributed by atoms with van der Waals surface area (Å²) in [7, 11) is 0. The number of alkyl halides is 8. The summed E-state index contributed by atoms with van der Waals surface area (Å²) < 4.78 is 108. The number of amides is 2. The number of rotatable bonds is 10. The van der Waals surface area contributed by atoms with Crippen molar-refractivity contribution in [3.63, 3.8) is 0 Å². The first-order valence-electron chi connectivity index (χ1n) is 13.6. The number of carbonyl (C=O) groups is 2. The van der Waals surface area contributed by atoms with E-state index in [1.165, 1.54) is 18.2 Å². The van der Waals surface area contributed by atoms with Gasteiger partial charge in [0.1, 0.15) is 11.4 Å². The maximum Gasteiger partial charge on any atom is 0.423 e. The van der Waals surface area contributed by atoms with Gasteiger partial charge >= 0.3 is 12.4 Å². The van der Waals surface area contributed by atoms with Crippen LogP contribution in [0.25, 0.3) is 11.2 Å². The fraction of sp³-hybridized carbons (Fsp3) is 0.481. The minimum Gasteiger partial charge on any atom is -0.471 e. The number of benzene rings is 1. The molecule has 4 N–H and O–H groups in total. The van der Waals surface area contributed by atoms with Crippen LogP contribution in [0.2, 0.25) is 10.0 Å². The van der Waals surface area contributed by atoms with Gasteiger partial charge in [-0.1, -0.05) is 29.3 Å². The van der Waals surface area contributed by atoms with Gasteiger partial charge in [0.2, 0.25) is 12.0 Å². The Kier molecular flexibility index (Phi) is 10.9. The zero-order valence-electron chi connectivity index (χ0n) is 23.3. The van der Waals surface area contributed by atoms with Gasteiger partial charge in [-0.3, -0.25) is 9.59 Å². The SMILES string of the molecule is O=C(NC1CCC(C(F)(F)F)CC1)c1cc2[nH]c(Cc3c(Cl)ccc(CNC(=O)C(O)C(F)(F)F)c3Cl)nc2nc1OCC(F)F. The Bertz CT molecular complexity index is 1580. The van der Waals surface area contributed by atoms with Crippen LogP contribution in [0.5, 0.6) is 5.88 Å². The molecule has 1 aliphatic rings. The highest BCUT2D eigenvalue weighted by molar-refractivity contribution is 6.36. The maximum atomic E-state index is 13.1. The molecule has 0 aliphatic heterocycles. The quantitative estimate of drug-likeness (QED) is 0.195. The van der Waals surface area contributed by atoms with E-state index in [1.54, 1.807) is 0 Å². The molecule has 0 radical (unpaired) electrons. The first-order chi connectivity index (χ1) is 21.4. The lowest BCUT2D eigenvalue weighted by Gasteiger charge is -2.30. The molecule has 1 fully saturated rings. The van der Waals surface area contributed by atoms with Crippen LogP contribution in [0.15, 0.2) is 18.2 Å². The maximum absolute atomic E-state index is 13.1. The van der Waals surface area contributed by atoms with Gasteiger partial charge in [0.05, 0.1) is 16.5 Å². The monoisotopic (exact) mass is 705 g/mol. The number of halogens is 10. The lowest BCUT2D eigenvalue weighted by Crippen LogP contribution is -2.43. The molecule has 3 aromatic rings. The molecule has 252 valence electrons. The predicted molar refractivity (Wildman–Crippen MR) is 148 cm³/mol. The van der Waals surface area contributed by atoms with E-state index in [2.05, 4.69) is 20.3 Å². The summed E-state index contributed by atoms with van der Waals surface area (Å²) in [5, 5.41) is 13.7. The van der Waals surface area contributed by atoms with E-state index in [4.69, 9.17) is 33.0 Å². The third-order valence-corrected chi connectivity index (χ3v) is 8.05. The highest BCUT2D eigenvalue weighted by atomic mass is 35.5. The van der Waals surface area contributed by atoms with E-state index in [-0.39, 0.29) is 75.8 Å². The van der Waals surface area contributed by atoms with Crippen molar-refractivity contribution in [3.8, 4) is 5.88 Å². The Morgan fingerprint density at radius 2 is 1.74 bits per heavy atom. The van der Waals surface area contributed by atoms with Crippen molar-refractivity contribution in [2.45, 2.75) is 69.6 Å². The van der Waals surface area contributed by atoms with E-state index >= 15 is 0 Å². The Morgan fingerprint density at radius 1 is 1.07 bits per heavy atom. The van der Waals surface area contributed by atoms with Crippen molar-refractivity contribution in [1.29, 1.82) is 0 Å². The summed E-state index contributed by atoms with van der Waals surface area (Å²) in [5.41, 5.74) is 0.215. The molecule has 0 bridgehead atoms. The molecule has 19 heteroatoms. The summed E-state index contributed by atoms with van der Waals surface area (Å²) >= 11 is 12.7. The molecule has 1 aromatic carbocycles. The van der Waals surface area contributed by atoms with E-state index < -0.39 is 67.7 Å². The van der Waals surface area contributed by atoms with Gasteiger partial charge in [-0.05, 0) is 48.9 Å². The normalized spacial score (nSPS) is 18.1. The Balaban J connectivity index is 1.55. The van der Waals surface area contributed by atoms with E-state index in [0.29, 0.717) is 0 Å². The summed E-state index contributed by atoms with van der Waals surface area (Å²) in [5.74, 6) is -4.30. The van der Waals surface area contributed by atoms with Crippen LogP contribution in [0.3, 0.4) is 0 Å². The number of carbonyl (C=O) groups excluding carboxylic acids is 2. The second kappa shape index (κ2) is 14.1. The molecule has 9 nitrogen and oxygen atoms in total. The molecular formula is C27H25Cl2F8N5O4. The van der Waals surface area contributed by atoms with Crippen LogP contribution in [-0.2, 0) is 17.8 Å². The number of hydrogen-bond acceptors (Lipinski definition) is 6. The number of H-pyrrole nitrogens is 1. The Labute approximate surface area is 265 Å². The van der Waals surface area contributed by atoms with Crippen LogP contribution in [-0.4, -0.2) is 69.4 Å². The standard InChI is InChI=1S/C27H25Cl2F8N5O4/c28-16-6-1-11(9-38-24(45)21(43)27(35,36)37)20(29)14(16)8-19-40-17-7-15(25(42-22(17)41-19)46-10-18(30)31)23(44)39-13-4-2-12(3-5-13)26(32,33)34/h1,6-7,12-13,18,21,43H,2-5,8-10H2,(H,38,45)(H,39,44)(H,40,41,42). The van der Waals surface area contributed by atoms with E-state index in [1.807, 2.05) is 5.32 Å². The highest BCUT2D eigenvalue weighted by Crippen LogP contribution is 2.38. The number of hydrogen-bond donors (Lipinski definition) is 4. The van der Waals surface area contributed by atoms with Gasteiger partial charge in [0.15, 0.2) is 12.3 Å². The molecule has 1 atom stereocenters. The average Bonchev–Trinajstić information content (AvgIpc) is 3.37. The van der Waals surface area contributed by atoms with Crippen LogP contribution in [0.4, 0.5) is 35.1 Å². The summed E-state index contributed by atoms with van der Waals surface area (Å²) in [6.45, 7) is -1.60. The first kappa shape index (κ1) is 35.4. The lowest BCUT2D eigenvalue weighted by molar-refractivity contribution is -0.205. The van der Waals surface area contributed by atoms with Gasteiger partial charge < -0.3 is 25.5 Å². The van der Waals surface area contributed by atoms with Gasteiger partial charge in [0, 0.05) is 24.0 Å². The summed E-state index contributed by atoms with van der Waals surface area (Å²) in [4.78, 5) is 36.0. The van der Waals surface area contributed by atoms with Gasteiger partial charge in [-0.15, -0.1) is 0 Å². The number of pyridine rings is 1. The van der Waals surface area contributed by atoms with Crippen molar-refractivity contribution in [2.24, 2.45) is 5.92 Å². The largest absolute Gasteiger partial charge is 0.471 e. The molecular weight excluding hydrogens is 681 g/mol. The van der Waals surface area contributed by atoms with Crippen LogP contribution in [0, 0.1) is 5.92 Å². The first-order valence-corrected chi connectivity index (χ1v) is 14.4. The molecule has 2 aromatic heterocycles. The lowest BCUT2D eigenvalue weighted by atomic mass is 9.85. The fourth-order valence-corrected chi connectivity index (χ4v) is 5.41. The van der Waals surface area contributed by atoms with Gasteiger partial charge in [-0.25, -0.2) is 13.8 Å². The number of aromatic amines is 1. The number of imidazole rings is 1. The van der Waals surface area contributed by atoms with Crippen molar-refractivity contribution >= 4 is 46.2 Å². The molecule has 1 unspecified atom stereocenters. The van der Waals surface area contributed by atoms with Crippen molar-refractivity contribution < 1.29 is 54.6 Å². The van der Waals surface area contributed by atoms with E-state index in [0.717, 1.165) is 0 Å². The molecule has 0 saturated heterocycles. The minimum atomic E-state index is -5.17. The molecule has 1 aliphatic carbocycles. The minimum absolute atomic E-state index is 0.0380. The van der Waals surface area contributed by atoms with Crippen molar-refractivity contribution in [1.82, 2.24) is 25.6 Å². The third kappa shape index (κ3) is 8.67. The zero-order valence-corrected chi connectivity index (χ0v) is 24.8. The molecule has 2 heterocycles. The topological polar surface area (TPSA) is 129 Å². The van der Waals surface area contributed by atoms with Crippen molar-refractivity contribution in [3.05, 3.63) is 50.8 Å². The van der Waals surface area contributed by atoms with Crippen molar-refractivity contribution in [2.75, 3.05) is 6.61 Å². The smallest absolute Gasteiger partial charge is 0.423 e. The van der Waals surface area contributed by atoms with Crippen LogP contribution >= 0.6 is 23.2 Å². The molecule has 4 rings (SSSR count). The number of ether oxygens (including phenoxy) is 1. The van der Waals surface area contributed by atoms with Crippen LogP contribution < -0.4 is 15.4 Å². The third-order valence-electron chi connectivity index (χ3n) is 7.22. The van der Waals surface area contributed by atoms with E-state index in [9.17, 15) is 44.7 Å². The molecule has 46 heavy (non-hydrogen) atoms. The number of fused-ring (bicyclic) bond motifs is 1. The van der Waals surface area contributed by atoms with Gasteiger partial charge in [-0.2, -0.15) is 31.3 Å². The second-order valence-corrected chi connectivity index (χ2v) is 11.3. The second-order valence-electron chi connectivity index (χ2n) is 10.5. The molecule has 0 spiro atoms. The highest BCUT2D eigenvalue weighted by Gasteiger charge is 2.44. The molecule has 2 amide bonds. The fourth-order valence-electron chi connectivity index (χ4n) is 4.84. The number of aliphatic hydroxyl groups is 1. The Hall–Kier alpha value is -3.44.